The topological polar surface area (TPSA) is 39.2 Å². The van der Waals surface area contributed by atoms with Crippen LogP contribution in [0.1, 0.15) is 21.6 Å². The van der Waals surface area contributed by atoms with E-state index in [2.05, 4.69) is 4.98 Å². The second-order valence-electron chi connectivity index (χ2n) is 5.33. The number of carbonyl (C=O) groups excluding carboxylic acids is 1. The predicted molar refractivity (Wildman–Crippen MR) is 90.6 cm³/mol. The predicted octanol–water partition coefficient (Wildman–Crippen LogP) is 4.45. The molecule has 0 bridgehead atoms. The fourth-order valence-electron chi connectivity index (χ4n) is 2.35. The summed E-state index contributed by atoms with van der Waals surface area (Å²) in [5.74, 6) is 0.732. The Morgan fingerprint density at radius 2 is 1.87 bits per heavy atom. The minimum atomic E-state index is 0.493. The number of rotatable bonds is 5. The number of ether oxygens (including phenoxy) is 1. The number of nitrogens with zero attached hydrogens (tertiary/aromatic N) is 1. The molecule has 3 rings (SSSR count). The lowest BCUT2D eigenvalue weighted by Gasteiger charge is -2.10. The minimum absolute atomic E-state index is 0.493. The van der Waals surface area contributed by atoms with Crippen molar-refractivity contribution in [2.24, 2.45) is 0 Å². The summed E-state index contributed by atoms with van der Waals surface area (Å²) in [6, 6.07) is 19.4. The molecule has 0 aliphatic heterocycles. The summed E-state index contributed by atoms with van der Waals surface area (Å²) < 4.78 is 5.84. The summed E-state index contributed by atoms with van der Waals surface area (Å²) >= 11 is 0. The average Bonchev–Trinajstić information content (AvgIpc) is 2.61. The Morgan fingerprint density at radius 1 is 1.04 bits per heavy atom. The van der Waals surface area contributed by atoms with Crippen LogP contribution in [0, 0.1) is 6.92 Å². The molecule has 3 nitrogen and oxygen atoms in total. The number of carbonyl (C=O) groups is 1. The average molecular weight is 303 g/mol. The molecule has 114 valence electrons. The van der Waals surface area contributed by atoms with Crippen LogP contribution in [0.25, 0.3) is 11.1 Å². The van der Waals surface area contributed by atoms with E-state index in [0.717, 1.165) is 34.4 Å². The molecule has 0 aliphatic rings. The molecule has 0 saturated heterocycles. The third-order valence-electron chi connectivity index (χ3n) is 3.62. The molecule has 0 N–H and O–H groups in total. The maximum atomic E-state index is 11.3. The lowest BCUT2D eigenvalue weighted by molar-refractivity contribution is 0.112. The second kappa shape index (κ2) is 6.88. The molecule has 3 aromatic rings. The van der Waals surface area contributed by atoms with Gasteiger partial charge in [-0.05, 0) is 42.3 Å². The van der Waals surface area contributed by atoms with Gasteiger partial charge in [0.2, 0.25) is 0 Å². The molecule has 0 saturated carbocycles. The van der Waals surface area contributed by atoms with Crippen molar-refractivity contribution in [3.63, 3.8) is 0 Å². The Morgan fingerprint density at radius 3 is 2.57 bits per heavy atom. The molecule has 23 heavy (non-hydrogen) atoms. The van der Waals surface area contributed by atoms with E-state index < -0.39 is 0 Å². The van der Waals surface area contributed by atoms with Gasteiger partial charge in [-0.1, -0.05) is 36.4 Å². The van der Waals surface area contributed by atoms with Crippen LogP contribution in [0.15, 0.2) is 66.9 Å². The van der Waals surface area contributed by atoms with Gasteiger partial charge in [-0.3, -0.25) is 9.78 Å². The molecule has 1 aromatic heterocycles. The van der Waals surface area contributed by atoms with Crippen molar-refractivity contribution in [3.8, 4) is 16.9 Å². The highest BCUT2D eigenvalue weighted by Gasteiger charge is 2.07. The Bertz CT molecular complexity index is 796. The molecule has 0 unspecified atom stereocenters. The third kappa shape index (κ3) is 3.64. The Balaban J connectivity index is 1.87. The van der Waals surface area contributed by atoms with E-state index in [1.54, 1.807) is 12.3 Å². The van der Waals surface area contributed by atoms with Gasteiger partial charge in [0.05, 0.1) is 0 Å². The zero-order valence-electron chi connectivity index (χ0n) is 12.9. The zero-order chi connectivity index (χ0) is 16.1. The molecular weight excluding hydrogens is 286 g/mol. The van der Waals surface area contributed by atoms with Crippen molar-refractivity contribution >= 4 is 6.29 Å². The maximum absolute atomic E-state index is 11.3. The standard InChI is InChI=1S/C20H17NO2/c1-15-7-8-17(12-21-15)20-11-19(10-9-18(20)13-22)23-14-16-5-3-2-4-6-16/h2-13H,14H2,1H3. The summed E-state index contributed by atoms with van der Waals surface area (Å²) in [4.78, 5) is 15.6. The van der Waals surface area contributed by atoms with E-state index in [4.69, 9.17) is 4.74 Å². The molecule has 1 heterocycles. The second-order valence-corrected chi connectivity index (χ2v) is 5.33. The molecule has 0 spiro atoms. The highest BCUT2D eigenvalue weighted by Crippen LogP contribution is 2.27. The van der Waals surface area contributed by atoms with Crippen LogP contribution >= 0.6 is 0 Å². The summed E-state index contributed by atoms with van der Waals surface area (Å²) in [5.41, 5.74) is 4.41. The van der Waals surface area contributed by atoms with Crippen molar-refractivity contribution in [2.75, 3.05) is 0 Å². The van der Waals surface area contributed by atoms with E-state index in [0.29, 0.717) is 12.2 Å². The normalized spacial score (nSPS) is 10.3. The summed E-state index contributed by atoms with van der Waals surface area (Å²) in [7, 11) is 0. The van der Waals surface area contributed by atoms with Crippen molar-refractivity contribution in [3.05, 3.63) is 83.7 Å². The smallest absolute Gasteiger partial charge is 0.150 e. The molecule has 0 fully saturated rings. The van der Waals surface area contributed by atoms with Gasteiger partial charge in [-0.25, -0.2) is 0 Å². The minimum Gasteiger partial charge on any atom is -0.489 e. The summed E-state index contributed by atoms with van der Waals surface area (Å²) in [6.45, 7) is 2.43. The number of pyridine rings is 1. The van der Waals surface area contributed by atoms with Crippen molar-refractivity contribution in [2.45, 2.75) is 13.5 Å². The van der Waals surface area contributed by atoms with E-state index in [1.807, 2.05) is 61.5 Å². The van der Waals surface area contributed by atoms with Crippen LogP contribution in [-0.4, -0.2) is 11.3 Å². The molecule has 0 aliphatic carbocycles. The zero-order valence-corrected chi connectivity index (χ0v) is 12.9. The van der Waals surface area contributed by atoms with Crippen LogP contribution in [0.3, 0.4) is 0 Å². The monoisotopic (exact) mass is 303 g/mol. The van der Waals surface area contributed by atoms with E-state index in [9.17, 15) is 4.79 Å². The molecule has 0 atom stereocenters. The third-order valence-corrected chi connectivity index (χ3v) is 3.62. The molecule has 2 aromatic carbocycles. The maximum Gasteiger partial charge on any atom is 0.150 e. The Kier molecular flexibility index (Phi) is 4.48. The molecule has 3 heteroatoms. The van der Waals surface area contributed by atoms with Gasteiger partial charge in [0.15, 0.2) is 6.29 Å². The number of hydrogen-bond donors (Lipinski definition) is 0. The van der Waals surface area contributed by atoms with E-state index in [-0.39, 0.29) is 0 Å². The van der Waals surface area contributed by atoms with Crippen molar-refractivity contribution in [1.29, 1.82) is 0 Å². The lowest BCUT2D eigenvalue weighted by Crippen LogP contribution is -1.97. The summed E-state index contributed by atoms with van der Waals surface area (Å²) in [6.07, 6.45) is 2.63. The Hall–Kier alpha value is -2.94. The van der Waals surface area contributed by atoms with Crippen LogP contribution in [0.5, 0.6) is 5.75 Å². The Labute approximate surface area is 135 Å². The number of aromatic nitrogens is 1. The first-order valence-electron chi connectivity index (χ1n) is 7.45. The molecule has 0 radical (unpaired) electrons. The van der Waals surface area contributed by atoms with Gasteiger partial charge in [0.25, 0.3) is 0 Å². The number of aldehydes is 1. The quantitative estimate of drug-likeness (QED) is 0.654. The van der Waals surface area contributed by atoms with Gasteiger partial charge in [-0.15, -0.1) is 0 Å². The summed E-state index contributed by atoms with van der Waals surface area (Å²) in [5, 5.41) is 0. The first-order valence-corrected chi connectivity index (χ1v) is 7.45. The van der Waals surface area contributed by atoms with Crippen LogP contribution in [-0.2, 0) is 6.61 Å². The number of hydrogen-bond acceptors (Lipinski definition) is 3. The van der Waals surface area contributed by atoms with Crippen molar-refractivity contribution in [1.82, 2.24) is 4.98 Å². The van der Waals surface area contributed by atoms with E-state index >= 15 is 0 Å². The van der Waals surface area contributed by atoms with Gasteiger partial charge in [-0.2, -0.15) is 0 Å². The fourth-order valence-corrected chi connectivity index (χ4v) is 2.35. The fraction of sp³-hybridized carbons (Fsp3) is 0.100. The largest absolute Gasteiger partial charge is 0.489 e. The molecular formula is C20H17NO2. The van der Waals surface area contributed by atoms with Gasteiger partial charge in [0.1, 0.15) is 12.4 Å². The first kappa shape index (κ1) is 15.0. The van der Waals surface area contributed by atoms with Crippen molar-refractivity contribution < 1.29 is 9.53 Å². The number of benzene rings is 2. The number of aryl methyl sites for hydroxylation is 1. The lowest BCUT2D eigenvalue weighted by atomic mass is 10.0. The van der Waals surface area contributed by atoms with Crippen LogP contribution in [0.2, 0.25) is 0 Å². The molecule has 0 amide bonds. The van der Waals surface area contributed by atoms with Gasteiger partial charge >= 0.3 is 0 Å². The van der Waals surface area contributed by atoms with Crippen LogP contribution < -0.4 is 4.74 Å². The first-order chi connectivity index (χ1) is 11.3. The SMILES string of the molecule is Cc1ccc(-c2cc(OCc3ccccc3)ccc2C=O)cn1. The van der Waals surface area contributed by atoms with Gasteiger partial charge < -0.3 is 4.74 Å². The van der Waals surface area contributed by atoms with Crippen LogP contribution in [0.4, 0.5) is 0 Å². The van der Waals surface area contributed by atoms with E-state index in [1.165, 1.54) is 0 Å². The van der Waals surface area contributed by atoms with Gasteiger partial charge in [0, 0.05) is 23.0 Å². The highest BCUT2D eigenvalue weighted by atomic mass is 16.5. The highest BCUT2D eigenvalue weighted by molar-refractivity contribution is 5.88.